The minimum absolute atomic E-state index is 0.0868. The first-order chi connectivity index (χ1) is 16.6. The molecule has 0 saturated heterocycles. The van der Waals surface area contributed by atoms with E-state index >= 15 is 0 Å². The maximum Gasteiger partial charge on any atom is 0.192 e. The van der Waals surface area contributed by atoms with Crippen molar-refractivity contribution in [3.8, 4) is 17.5 Å². The Kier molecular flexibility index (Phi) is 5.89. The SMILES string of the molecule is Cc1cccc(-c2nnc(SCC(O)=C(C#N)c3nc4ccccc4[nH]3)n2Cc2ccco2)c1. The summed E-state index contributed by atoms with van der Waals surface area (Å²) in [6.07, 6.45) is 1.62. The smallest absolute Gasteiger partial charge is 0.192 e. The van der Waals surface area contributed by atoms with Crippen LogP contribution in [0.25, 0.3) is 28.0 Å². The molecule has 0 atom stereocenters. The summed E-state index contributed by atoms with van der Waals surface area (Å²) in [5.74, 6) is 1.83. The number of benzene rings is 2. The molecule has 0 aliphatic rings. The molecule has 0 aliphatic carbocycles. The highest BCUT2D eigenvalue weighted by Crippen LogP contribution is 2.28. The molecule has 9 heteroatoms. The lowest BCUT2D eigenvalue weighted by Crippen LogP contribution is -2.04. The quantitative estimate of drug-likeness (QED) is 0.188. The Hall–Kier alpha value is -4.29. The van der Waals surface area contributed by atoms with E-state index in [1.165, 1.54) is 11.8 Å². The lowest BCUT2D eigenvalue weighted by atomic mass is 10.1. The Bertz CT molecular complexity index is 1490. The first-order valence-corrected chi connectivity index (χ1v) is 11.5. The van der Waals surface area contributed by atoms with Crippen molar-refractivity contribution in [2.45, 2.75) is 18.6 Å². The van der Waals surface area contributed by atoms with Gasteiger partial charge in [-0.25, -0.2) is 4.98 Å². The standard InChI is InChI=1S/C25H20N6O2S/c1-16-6-4-7-17(12-16)24-29-30-25(31(24)14-18-8-5-11-33-18)34-15-22(32)19(13-26)23-27-20-9-2-3-10-21(20)28-23/h2-12,32H,14-15H2,1H3,(H,27,28). The molecule has 0 amide bonds. The number of aromatic nitrogens is 5. The third-order valence-corrected chi connectivity index (χ3v) is 6.23. The monoisotopic (exact) mass is 468 g/mol. The fourth-order valence-corrected chi connectivity index (χ4v) is 4.44. The van der Waals surface area contributed by atoms with Gasteiger partial charge in [0.05, 0.1) is 29.6 Å². The molecule has 0 fully saturated rings. The molecular formula is C25H20N6O2S. The van der Waals surface area contributed by atoms with Crippen LogP contribution < -0.4 is 0 Å². The Labute approximate surface area is 199 Å². The molecule has 0 radical (unpaired) electrons. The molecule has 3 heterocycles. The number of aryl methyl sites for hydroxylation is 1. The fourth-order valence-electron chi connectivity index (χ4n) is 3.62. The van der Waals surface area contributed by atoms with E-state index in [0.29, 0.717) is 23.4 Å². The lowest BCUT2D eigenvalue weighted by Gasteiger charge is -2.09. The van der Waals surface area contributed by atoms with Gasteiger partial charge in [0.15, 0.2) is 16.8 Å². The molecule has 3 aromatic heterocycles. The molecule has 168 valence electrons. The predicted molar refractivity (Wildman–Crippen MR) is 130 cm³/mol. The summed E-state index contributed by atoms with van der Waals surface area (Å²) in [5, 5.41) is 29.8. The van der Waals surface area contributed by atoms with Crippen molar-refractivity contribution >= 4 is 28.4 Å². The fraction of sp³-hybridized carbons (Fsp3) is 0.120. The highest BCUT2D eigenvalue weighted by Gasteiger charge is 2.19. The second-order valence-electron chi connectivity index (χ2n) is 7.67. The number of nitrogens with zero attached hydrogens (tertiary/aromatic N) is 5. The summed E-state index contributed by atoms with van der Waals surface area (Å²) < 4.78 is 7.49. The summed E-state index contributed by atoms with van der Waals surface area (Å²) in [6.45, 7) is 2.46. The van der Waals surface area contributed by atoms with Crippen molar-refractivity contribution in [3.63, 3.8) is 0 Å². The number of thioether (sulfide) groups is 1. The molecule has 0 aliphatic heterocycles. The summed E-state index contributed by atoms with van der Waals surface area (Å²) in [5.41, 5.74) is 3.67. The highest BCUT2D eigenvalue weighted by molar-refractivity contribution is 7.99. The summed E-state index contributed by atoms with van der Waals surface area (Å²) in [6, 6.07) is 21.3. The number of nitrogens with one attached hydrogen (secondary N) is 1. The van der Waals surface area contributed by atoms with Crippen LogP contribution >= 0.6 is 11.8 Å². The van der Waals surface area contributed by atoms with Gasteiger partial charge >= 0.3 is 0 Å². The number of para-hydroxylation sites is 2. The topological polar surface area (TPSA) is 117 Å². The van der Waals surface area contributed by atoms with Gasteiger partial charge in [0.2, 0.25) is 0 Å². The van der Waals surface area contributed by atoms with E-state index in [2.05, 4.69) is 26.2 Å². The van der Waals surface area contributed by atoms with E-state index in [4.69, 9.17) is 4.42 Å². The second-order valence-corrected chi connectivity index (χ2v) is 8.61. The maximum atomic E-state index is 10.8. The van der Waals surface area contributed by atoms with Crippen molar-refractivity contribution in [3.05, 3.63) is 89.8 Å². The van der Waals surface area contributed by atoms with Gasteiger partial charge in [-0.1, -0.05) is 47.7 Å². The molecule has 0 saturated carbocycles. The molecule has 0 unspecified atom stereocenters. The van der Waals surface area contributed by atoms with Gasteiger partial charge in [-0.05, 0) is 37.3 Å². The zero-order valence-corrected chi connectivity index (χ0v) is 19.1. The van der Waals surface area contributed by atoms with Gasteiger partial charge in [0.25, 0.3) is 0 Å². The molecule has 0 bridgehead atoms. The number of H-pyrrole nitrogens is 1. The number of aliphatic hydroxyl groups excluding tert-OH is 1. The van der Waals surface area contributed by atoms with Crippen LogP contribution in [0.15, 0.2) is 82.3 Å². The number of allylic oxidation sites excluding steroid dienone is 1. The van der Waals surface area contributed by atoms with Gasteiger partial charge in [-0.15, -0.1) is 10.2 Å². The van der Waals surface area contributed by atoms with Crippen LogP contribution in [0, 0.1) is 18.3 Å². The van der Waals surface area contributed by atoms with Crippen LogP contribution in [0.1, 0.15) is 17.1 Å². The maximum absolute atomic E-state index is 10.8. The molecule has 2 aromatic carbocycles. The minimum atomic E-state index is -0.0868. The summed E-state index contributed by atoms with van der Waals surface area (Å²) in [4.78, 5) is 7.52. The number of aliphatic hydroxyl groups is 1. The average molecular weight is 469 g/mol. The van der Waals surface area contributed by atoms with Crippen LogP contribution in [-0.2, 0) is 6.54 Å². The van der Waals surface area contributed by atoms with Gasteiger partial charge in [0.1, 0.15) is 23.2 Å². The van der Waals surface area contributed by atoms with Crippen LogP contribution in [0.3, 0.4) is 0 Å². The Morgan fingerprint density at radius 3 is 2.79 bits per heavy atom. The number of rotatable bonds is 7. The largest absolute Gasteiger partial charge is 0.510 e. The van der Waals surface area contributed by atoms with E-state index in [1.54, 1.807) is 6.26 Å². The number of fused-ring (bicyclic) bond motifs is 1. The third kappa shape index (κ3) is 4.31. The van der Waals surface area contributed by atoms with E-state index in [1.807, 2.05) is 72.2 Å². The summed E-state index contributed by atoms with van der Waals surface area (Å²) in [7, 11) is 0. The van der Waals surface area contributed by atoms with E-state index < -0.39 is 0 Å². The zero-order valence-electron chi connectivity index (χ0n) is 18.3. The molecule has 34 heavy (non-hydrogen) atoms. The highest BCUT2D eigenvalue weighted by atomic mass is 32.2. The molecule has 5 rings (SSSR count). The van der Waals surface area contributed by atoms with Gasteiger partial charge in [-0.3, -0.25) is 4.57 Å². The van der Waals surface area contributed by atoms with Crippen LogP contribution in [0.2, 0.25) is 0 Å². The number of nitriles is 1. The molecule has 2 N–H and O–H groups in total. The summed E-state index contributed by atoms with van der Waals surface area (Å²) >= 11 is 1.29. The second kappa shape index (κ2) is 9.29. The molecular weight excluding hydrogens is 448 g/mol. The van der Waals surface area contributed by atoms with Crippen molar-refractivity contribution in [1.82, 2.24) is 24.7 Å². The van der Waals surface area contributed by atoms with Crippen LogP contribution in [-0.4, -0.2) is 35.6 Å². The van der Waals surface area contributed by atoms with E-state index in [0.717, 1.165) is 27.9 Å². The normalized spacial score (nSPS) is 12.0. The zero-order chi connectivity index (χ0) is 23.5. The first kappa shape index (κ1) is 21.6. The Balaban J connectivity index is 1.46. The Morgan fingerprint density at radius 2 is 2.03 bits per heavy atom. The van der Waals surface area contributed by atoms with Gasteiger partial charge in [0, 0.05) is 5.56 Å². The van der Waals surface area contributed by atoms with Crippen molar-refractivity contribution in [2.75, 3.05) is 5.75 Å². The molecule has 0 spiro atoms. The molecule has 5 aromatic rings. The van der Waals surface area contributed by atoms with E-state index in [-0.39, 0.29) is 17.1 Å². The number of aromatic amines is 1. The van der Waals surface area contributed by atoms with E-state index in [9.17, 15) is 10.4 Å². The number of hydrogen-bond acceptors (Lipinski definition) is 7. The predicted octanol–water partition coefficient (Wildman–Crippen LogP) is 5.36. The van der Waals surface area contributed by atoms with Crippen molar-refractivity contribution in [1.29, 1.82) is 5.26 Å². The number of imidazole rings is 1. The number of furan rings is 1. The van der Waals surface area contributed by atoms with Crippen molar-refractivity contribution < 1.29 is 9.52 Å². The lowest BCUT2D eigenvalue weighted by molar-refractivity contribution is 0.420. The first-order valence-electron chi connectivity index (χ1n) is 10.5. The van der Waals surface area contributed by atoms with Gasteiger partial charge < -0.3 is 14.5 Å². The average Bonchev–Trinajstić information content (AvgIpc) is 3.58. The van der Waals surface area contributed by atoms with Crippen molar-refractivity contribution in [2.24, 2.45) is 0 Å². The van der Waals surface area contributed by atoms with Crippen LogP contribution in [0.4, 0.5) is 0 Å². The third-order valence-electron chi connectivity index (χ3n) is 5.25. The van der Waals surface area contributed by atoms with Crippen LogP contribution in [0.5, 0.6) is 0 Å². The number of hydrogen-bond donors (Lipinski definition) is 2. The van der Waals surface area contributed by atoms with Gasteiger partial charge in [-0.2, -0.15) is 5.26 Å². The Morgan fingerprint density at radius 1 is 1.15 bits per heavy atom. The minimum Gasteiger partial charge on any atom is -0.510 e. The molecule has 8 nitrogen and oxygen atoms in total.